The van der Waals surface area contributed by atoms with E-state index in [0.29, 0.717) is 5.76 Å². The molecule has 0 saturated carbocycles. The fourth-order valence-electron chi connectivity index (χ4n) is 1.45. The third-order valence-corrected chi connectivity index (χ3v) is 4.31. The van der Waals surface area contributed by atoms with Gasteiger partial charge in [-0.05, 0) is 25.1 Å². The second-order valence-electron chi connectivity index (χ2n) is 3.85. The van der Waals surface area contributed by atoms with Crippen LogP contribution in [0.4, 0.5) is 5.69 Å². The summed E-state index contributed by atoms with van der Waals surface area (Å²) in [6, 6.07) is 3.35. The summed E-state index contributed by atoms with van der Waals surface area (Å²) in [7, 11) is -3.95. The first-order valence-electron chi connectivity index (χ1n) is 5.28. The number of aromatic carboxylic acids is 1. The van der Waals surface area contributed by atoms with Crippen LogP contribution >= 0.6 is 11.6 Å². The van der Waals surface area contributed by atoms with E-state index in [1.165, 1.54) is 6.20 Å². The molecule has 7 nitrogen and oxygen atoms in total. The molecule has 0 aliphatic rings. The van der Waals surface area contributed by atoms with Gasteiger partial charge in [-0.2, -0.15) is 0 Å². The Morgan fingerprint density at radius 2 is 2.15 bits per heavy atom. The first kappa shape index (κ1) is 14.4. The van der Waals surface area contributed by atoms with Gasteiger partial charge in [0.05, 0.1) is 16.8 Å². The highest BCUT2D eigenvalue weighted by molar-refractivity contribution is 7.92. The van der Waals surface area contributed by atoms with E-state index in [-0.39, 0.29) is 21.2 Å². The second kappa shape index (κ2) is 5.14. The van der Waals surface area contributed by atoms with Crippen LogP contribution in [0.5, 0.6) is 0 Å². The molecule has 9 heteroatoms. The number of carboxylic acids is 1. The standard InChI is InChI=1S/C11H9ClN2O5S/c1-6-9(5-13-19-6)14-20(17,18)10-3-2-7(11(15)16)4-8(10)12/h2-5,14H,1H3,(H,15,16). The average molecular weight is 317 g/mol. The van der Waals surface area contributed by atoms with Gasteiger partial charge in [0.25, 0.3) is 10.0 Å². The summed E-state index contributed by atoms with van der Waals surface area (Å²) in [6.45, 7) is 1.54. The topological polar surface area (TPSA) is 110 Å². The Morgan fingerprint density at radius 1 is 1.45 bits per heavy atom. The quantitative estimate of drug-likeness (QED) is 0.894. The zero-order chi connectivity index (χ0) is 14.9. The zero-order valence-corrected chi connectivity index (χ0v) is 11.7. The molecule has 0 saturated heterocycles. The Hall–Kier alpha value is -2.06. The highest BCUT2D eigenvalue weighted by atomic mass is 35.5. The molecule has 0 atom stereocenters. The third-order valence-electron chi connectivity index (χ3n) is 2.46. The molecule has 0 unspecified atom stereocenters. The molecule has 1 aromatic carbocycles. The van der Waals surface area contributed by atoms with Crippen molar-refractivity contribution in [1.29, 1.82) is 0 Å². The van der Waals surface area contributed by atoms with Gasteiger partial charge in [0.15, 0.2) is 5.76 Å². The fraction of sp³-hybridized carbons (Fsp3) is 0.0909. The molecule has 106 valence electrons. The number of rotatable bonds is 4. The summed E-state index contributed by atoms with van der Waals surface area (Å²) in [6.07, 6.45) is 1.21. The molecule has 0 spiro atoms. The number of hydrogen-bond acceptors (Lipinski definition) is 5. The zero-order valence-electron chi connectivity index (χ0n) is 10.1. The number of carbonyl (C=O) groups is 1. The monoisotopic (exact) mass is 316 g/mol. The Labute approximate surface area is 119 Å². The first-order valence-corrected chi connectivity index (χ1v) is 7.14. The summed E-state index contributed by atoms with van der Waals surface area (Å²) in [5.74, 6) is -0.898. The van der Waals surface area contributed by atoms with Gasteiger partial charge in [-0.3, -0.25) is 4.72 Å². The summed E-state index contributed by atoms with van der Waals surface area (Å²) in [4.78, 5) is 10.5. The third kappa shape index (κ3) is 2.75. The van der Waals surface area contributed by atoms with Gasteiger partial charge in [-0.25, -0.2) is 13.2 Å². The number of nitrogens with one attached hydrogen (secondary N) is 1. The molecule has 20 heavy (non-hydrogen) atoms. The highest BCUT2D eigenvalue weighted by Crippen LogP contribution is 2.26. The van der Waals surface area contributed by atoms with Crippen molar-refractivity contribution in [1.82, 2.24) is 5.16 Å². The Balaban J connectivity index is 2.40. The maximum absolute atomic E-state index is 12.1. The van der Waals surface area contributed by atoms with Crippen LogP contribution in [-0.2, 0) is 10.0 Å². The number of sulfonamides is 1. The molecule has 0 amide bonds. The molecular formula is C11H9ClN2O5S. The molecule has 0 aliphatic carbocycles. The van der Waals surface area contributed by atoms with E-state index in [0.717, 1.165) is 18.2 Å². The van der Waals surface area contributed by atoms with Gasteiger partial charge in [0, 0.05) is 0 Å². The molecule has 0 radical (unpaired) electrons. The number of anilines is 1. The van der Waals surface area contributed by atoms with Crippen LogP contribution in [-0.4, -0.2) is 24.7 Å². The van der Waals surface area contributed by atoms with Crippen molar-refractivity contribution in [2.45, 2.75) is 11.8 Å². The van der Waals surface area contributed by atoms with Crippen molar-refractivity contribution in [2.75, 3.05) is 4.72 Å². The Morgan fingerprint density at radius 3 is 2.65 bits per heavy atom. The average Bonchev–Trinajstić information content (AvgIpc) is 2.73. The molecule has 1 heterocycles. The van der Waals surface area contributed by atoms with Gasteiger partial charge in [0.2, 0.25) is 0 Å². The van der Waals surface area contributed by atoms with Gasteiger partial charge < -0.3 is 9.63 Å². The van der Waals surface area contributed by atoms with Gasteiger partial charge in [0.1, 0.15) is 10.6 Å². The number of hydrogen-bond donors (Lipinski definition) is 2. The van der Waals surface area contributed by atoms with Crippen molar-refractivity contribution in [3.05, 3.63) is 40.7 Å². The molecule has 2 rings (SSSR count). The van der Waals surface area contributed by atoms with Crippen LogP contribution in [0.15, 0.2) is 33.8 Å². The molecule has 2 N–H and O–H groups in total. The van der Waals surface area contributed by atoms with Crippen molar-refractivity contribution < 1.29 is 22.8 Å². The molecule has 0 fully saturated rings. The van der Waals surface area contributed by atoms with E-state index in [2.05, 4.69) is 9.88 Å². The van der Waals surface area contributed by atoms with Crippen LogP contribution in [0.2, 0.25) is 5.02 Å². The minimum absolute atomic E-state index is 0.102. The first-order chi connectivity index (χ1) is 9.31. The lowest BCUT2D eigenvalue weighted by Gasteiger charge is -2.08. The van der Waals surface area contributed by atoms with E-state index in [1.807, 2.05) is 0 Å². The highest BCUT2D eigenvalue weighted by Gasteiger charge is 2.21. The summed E-state index contributed by atoms with van der Waals surface area (Å²) in [5.41, 5.74) is 0.0819. The van der Waals surface area contributed by atoms with E-state index in [9.17, 15) is 13.2 Å². The minimum Gasteiger partial charge on any atom is -0.478 e. The van der Waals surface area contributed by atoms with Crippen LogP contribution in [0, 0.1) is 6.92 Å². The number of nitrogens with zero attached hydrogens (tertiary/aromatic N) is 1. The van der Waals surface area contributed by atoms with E-state index in [4.69, 9.17) is 21.2 Å². The minimum atomic E-state index is -3.95. The number of carboxylic acid groups (broad SMARTS) is 1. The number of halogens is 1. The molecule has 0 aliphatic heterocycles. The van der Waals surface area contributed by atoms with Crippen LogP contribution < -0.4 is 4.72 Å². The van der Waals surface area contributed by atoms with Gasteiger partial charge >= 0.3 is 5.97 Å². The normalized spacial score (nSPS) is 11.3. The lowest BCUT2D eigenvalue weighted by molar-refractivity contribution is 0.0696. The molecule has 0 bridgehead atoms. The maximum atomic E-state index is 12.1. The predicted octanol–water partition coefficient (Wildman–Crippen LogP) is 2.14. The summed E-state index contributed by atoms with van der Waals surface area (Å²) < 4.78 is 31.3. The number of benzene rings is 1. The summed E-state index contributed by atoms with van der Waals surface area (Å²) >= 11 is 5.82. The van der Waals surface area contributed by atoms with Gasteiger partial charge in [-0.1, -0.05) is 16.8 Å². The van der Waals surface area contributed by atoms with Crippen LogP contribution in [0.25, 0.3) is 0 Å². The molecular weight excluding hydrogens is 308 g/mol. The fourth-order valence-corrected chi connectivity index (χ4v) is 3.09. The Bertz CT molecular complexity index is 769. The lowest BCUT2D eigenvalue weighted by atomic mass is 10.2. The summed E-state index contributed by atoms with van der Waals surface area (Å²) in [5, 5.41) is 12.1. The SMILES string of the molecule is Cc1oncc1NS(=O)(=O)c1ccc(C(=O)O)cc1Cl. The number of aromatic nitrogens is 1. The van der Waals surface area contributed by atoms with Crippen molar-refractivity contribution >= 4 is 33.3 Å². The smallest absolute Gasteiger partial charge is 0.335 e. The van der Waals surface area contributed by atoms with Crippen LogP contribution in [0.1, 0.15) is 16.1 Å². The molecule has 1 aromatic heterocycles. The number of aryl methyl sites for hydroxylation is 1. The second-order valence-corrected chi connectivity index (χ2v) is 5.91. The van der Waals surface area contributed by atoms with E-state index in [1.54, 1.807) is 6.92 Å². The van der Waals surface area contributed by atoms with Crippen molar-refractivity contribution in [2.24, 2.45) is 0 Å². The van der Waals surface area contributed by atoms with Crippen molar-refractivity contribution in [3.8, 4) is 0 Å². The van der Waals surface area contributed by atoms with Gasteiger partial charge in [-0.15, -0.1) is 0 Å². The van der Waals surface area contributed by atoms with E-state index < -0.39 is 16.0 Å². The van der Waals surface area contributed by atoms with Crippen LogP contribution in [0.3, 0.4) is 0 Å². The Kier molecular flexibility index (Phi) is 3.69. The largest absolute Gasteiger partial charge is 0.478 e. The van der Waals surface area contributed by atoms with Crippen molar-refractivity contribution in [3.63, 3.8) is 0 Å². The lowest BCUT2D eigenvalue weighted by Crippen LogP contribution is -2.14. The maximum Gasteiger partial charge on any atom is 0.335 e. The molecule has 2 aromatic rings. The van der Waals surface area contributed by atoms with E-state index >= 15 is 0 Å². The predicted molar refractivity (Wildman–Crippen MR) is 70.5 cm³/mol.